The summed E-state index contributed by atoms with van der Waals surface area (Å²) in [4.78, 5) is 2.39. The topological polar surface area (TPSA) is 3.24 Å². The van der Waals surface area contributed by atoms with Crippen LogP contribution in [0.3, 0.4) is 0 Å². The van der Waals surface area contributed by atoms with Crippen molar-refractivity contribution in [1.82, 2.24) is 4.90 Å². The van der Waals surface area contributed by atoms with Gasteiger partial charge in [0, 0.05) is 6.54 Å². The van der Waals surface area contributed by atoms with Gasteiger partial charge < -0.3 is 4.90 Å². The van der Waals surface area contributed by atoms with Crippen molar-refractivity contribution in [3.63, 3.8) is 0 Å². The molecule has 2 heteroatoms. The summed E-state index contributed by atoms with van der Waals surface area (Å²) in [6, 6.07) is 0. The summed E-state index contributed by atoms with van der Waals surface area (Å²) in [6.07, 6.45) is 3.50. The fourth-order valence-electron chi connectivity index (χ4n) is 1.11. The lowest BCUT2D eigenvalue weighted by Gasteiger charge is -2.20. The summed E-state index contributed by atoms with van der Waals surface area (Å²) in [5, 5.41) is 0. The third-order valence-electron chi connectivity index (χ3n) is 2.09. The van der Waals surface area contributed by atoms with Crippen LogP contribution in [0.25, 0.3) is 0 Å². The van der Waals surface area contributed by atoms with Gasteiger partial charge in [-0.25, -0.2) is 0 Å². The molecule has 0 N–H and O–H groups in total. The van der Waals surface area contributed by atoms with E-state index in [2.05, 4.69) is 32.1 Å². The lowest BCUT2D eigenvalue weighted by atomic mass is 10.1. The molecule has 0 saturated heterocycles. The van der Waals surface area contributed by atoms with E-state index in [0.717, 1.165) is 5.92 Å². The second-order valence-corrected chi connectivity index (χ2v) is 4.00. The van der Waals surface area contributed by atoms with E-state index < -0.39 is 0 Å². The molecule has 0 aliphatic heterocycles. The molecule has 0 aromatic carbocycles. The lowest BCUT2D eigenvalue weighted by molar-refractivity contribution is 0.298. The van der Waals surface area contributed by atoms with E-state index in [9.17, 15) is 0 Å². The molecular formula is C9H21NS. The molecule has 0 heterocycles. The van der Waals surface area contributed by atoms with Crippen LogP contribution in [-0.4, -0.2) is 37.0 Å². The summed E-state index contributed by atoms with van der Waals surface area (Å²) in [7, 11) is 2.20. The summed E-state index contributed by atoms with van der Waals surface area (Å²) >= 11 is 1.96. The van der Waals surface area contributed by atoms with Crippen LogP contribution in [0.4, 0.5) is 0 Å². The molecule has 1 unspecified atom stereocenters. The standard InChI is InChI=1S/C9H21NS/c1-5-9(8-11-4)7-10(3)6-2/h9H,5-8H2,1-4H3. The molecule has 0 amide bonds. The molecule has 0 spiro atoms. The smallest absolute Gasteiger partial charge is 0.00143 e. The molecule has 11 heavy (non-hydrogen) atoms. The molecular weight excluding hydrogens is 154 g/mol. The molecule has 0 saturated carbocycles. The van der Waals surface area contributed by atoms with Crippen LogP contribution < -0.4 is 0 Å². The number of thioether (sulfide) groups is 1. The van der Waals surface area contributed by atoms with E-state index in [1.54, 1.807) is 0 Å². The van der Waals surface area contributed by atoms with Gasteiger partial charge in [0.25, 0.3) is 0 Å². The predicted octanol–water partition coefficient (Wildman–Crippen LogP) is 2.33. The Morgan fingerprint density at radius 3 is 2.36 bits per heavy atom. The Morgan fingerprint density at radius 1 is 1.36 bits per heavy atom. The van der Waals surface area contributed by atoms with Gasteiger partial charge in [0.2, 0.25) is 0 Å². The van der Waals surface area contributed by atoms with Crippen LogP contribution >= 0.6 is 11.8 Å². The minimum Gasteiger partial charge on any atom is -0.306 e. The zero-order chi connectivity index (χ0) is 8.69. The highest BCUT2D eigenvalue weighted by atomic mass is 32.2. The second kappa shape index (κ2) is 6.99. The molecule has 0 bridgehead atoms. The first-order chi connectivity index (χ1) is 5.24. The van der Waals surface area contributed by atoms with Crippen molar-refractivity contribution in [2.75, 3.05) is 32.1 Å². The van der Waals surface area contributed by atoms with Gasteiger partial charge in [-0.15, -0.1) is 0 Å². The van der Waals surface area contributed by atoms with Crippen molar-refractivity contribution < 1.29 is 0 Å². The van der Waals surface area contributed by atoms with Gasteiger partial charge in [0.15, 0.2) is 0 Å². The number of hydrogen-bond acceptors (Lipinski definition) is 2. The van der Waals surface area contributed by atoms with Crippen LogP contribution in [0.5, 0.6) is 0 Å². The molecule has 1 atom stereocenters. The van der Waals surface area contributed by atoms with Gasteiger partial charge in [0.1, 0.15) is 0 Å². The fraction of sp³-hybridized carbons (Fsp3) is 1.00. The highest BCUT2D eigenvalue weighted by molar-refractivity contribution is 7.98. The Hall–Kier alpha value is 0.310. The van der Waals surface area contributed by atoms with Crippen molar-refractivity contribution in [2.45, 2.75) is 20.3 Å². The minimum absolute atomic E-state index is 0.884. The molecule has 68 valence electrons. The van der Waals surface area contributed by atoms with E-state index in [0.29, 0.717) is 0 Å². The van der Waals surface area contributed by atoms with Crippen molar-refractivity contribution in [1.29, 1.82) is 0 Å². The molecule has 0 radical (unpaired) electrons. The van der Waals surface area contributed by atoms with E-state index >= 15 is 0 Å². The Labute approximate surface area is 75.5 Å². The molecule has 1 nitrogen and oxygen atoms in total. The zero-order valence-corrected chi connectivity index (χ0v) is 9.08. The molecule has 0 aliphatic carbocycles. The van der Waals surface area contributed by atoms with E-state index in [4.69, 9.17) is 0 Å². The van der Waals surface area contributed by atoms with Crippen LogP contribution in [0, 0.1) is 5.92 Å². The zero-order valence-electron chi connectivity index (χ0n) is 8.26. The van der Waals surface area contributed by atoms with Crippen molar-refractivity contribution in [2.24, 2.45) is 5.92 Å². The average molecular weight is 175 g/mol. The maximum absolute atomic E-state index is 2.39. The Bertz CT molecular complexity index is 85.6. The second-order valence-electron chi connectivity index (χ2n) is 3.08. The van der Waals surface area contributed by atoms with Gasteiger partial charge >= 0.3 is 0 Å². The molecule has 0 aromatic rings. The first-order valence-electron chi connectivity index (χ1n) is 4.42. The Morgan fingerprint density at radius 2 is 2.00 bits per heavy atom. The normalized spacial score (nSPS) is 13.9. The SMILES string of the molecule is CCC(CSC)CN(C)CC. The Balaban J connectivity index is 3.49. The third kappa shape index (κ3) is 5.57. The van der Waals surface area contributed by atoms with Gasteiger partial charge in [-0.05, 0) is 31.5 Å². The van der Waals surface area contributed by atoms with Gasteiger partial charge in [-0.3, -0.25) is 0 Å². The molecule has 0 aliphatic rings. The molecule has 0 aromatic heterocycles. The first-order valence-corrected chi connectivity index (χ1v) is 5.81. The number of nitrogens with zero attached hydrogens (tertiary/aromatic N) is 1. The highest BCUT2D eigenvalue weighted by Crippen LogP contribution is 2.10. The Kier molecular flexibility index (Phi) is 7.18. The fourth-order valence-corrected chi connectivity index (χ4v) is 1.92. The van der Waals surface area contributed by atoms with Crippen LogP contribution in [0.2, 0.25) is 0 Å². The minimum atomic E-state index is 0.884. The number of rotatable bonds is 6. The number of hydrogen-bond donors (Lipinski definition) is 0. The van der Waals surface area contributed by atoms with Crippen LogP contribution in [0.1, 0.15) is 20.3 Å². The largest absolute Gasteiger partial charge is 0.306 e. The van der Waals surface area contributed by atoms with Gasteiger partial charge in [-0.1, -0.05) is 20.3 Å². The van der Waals surface area contributed by atoms with E-state index in [1.807, 2.05) is 11.8 Å². The van der Waals surface area contributed by atoms with Crippen LogP contribution in [0.15, 0.2) is 0 Å². The monoisotopic (exact) mass is 175 g/mol. The third-order valence-corrected chi connectivity index (χ3v) is 2.89. The highest BCUT2D eigenvalue weighted by Gasteiger charge is 2.06. The summed E-state index contributed by atoms with van der Waals surface area (Å²) in [5.74, 6) is 2.19. The maximum atomic E-state index is 2.39. The van der Waals surface area contributed by atoms with E-state index in [-0.39, 0.29) is 0 Å². The quantitative estimate of drug-likeness (QED) is 0.609. The van der Waals surface area contributed by atoms with Crippen molar-refractivity contribution >= 4 is 11.8 Å². The average Bonchev–Trinajstić information content (AvgIpc) is 2.03. The summed E-state index contributed by atoms with van der Waals surface area (Å²) in [5.41, 5.74) is 0. The van der Waals surface area contributed by atoms with Gasteiger partial charge in [0.05, 0.1) is 0 Å². The van der Waals surface area contributed by atoms with Gasteiger partial charge in [-0.2, -0.15) is 11.8 Å². The molecule has 0 fully saturated rings. The maximum Gasteiger partial charge on any atom is 0.00143 e. The van der Waals surface area contributed by atoms with Crippen molar-refractivity contribution in [3.8, 4) is 0 Å². The van der Waals surface area contributed by atoms with E-state index in [1.165, 1.54) is 25.3 Å². The van der Waals surface area contributed by atoms with Crippen molar-refractivity contribution in [3.05, 3.63) is 0 Å². The first kappa shape index (κ1) is 11.3. The molecule has 0 rings (SSSR count). The predicted molar refractivity (Wildman–Crippen MR) is 55.3 cm³/mol. The summed E-state index contributed by atoms with van der Waals surface area (Å²) in [6.45, 7) is 6.93. The van der Waals surface area contributed by atoms with Crippen LogP contribution in [-0.2, 0) is 0 Å². The lowest BCUT2D eigenvalue weighted by Crippen LogP contribution is -2.26. The summed E-state index contributed by atoms with van der Waals surface area (Å²) < 4.78 is 0.